The molecule has 0 saturated heterocycles. The number of amides is 1. The van der Waals surface area contributed by atoms with Crippen molar-refractivity contribution in [2.75, 3.05) is 0 Å². The van der Waals surface area contributed by atoms with Crippen molar-refractivity contribution in [3.05, 3.63) is 74.4 Å². The van der Waals surface area contributed by atoms with Crippen molar-refractivity contribution >= 4 is 27.5 Å². The number of benzene rings is 2. The van der Waals surface area contributed by atoms with E-state index in [0.29, 0.717) is 15.9 Å². The lowest BCUT2D eigenvalue weighted by Crippen LogP contribution is -2.38. The minimum atomic E-state index is -5.15. The van der Waals surface area contributed by atoms with Gasteiger partial charge in [0.2, 0.25) is 5.91 Å². The zero-order valence-electron chi connectivity index (χ0n) is 20.0. The Hall–Kier alpha value is -4.31. The zero-order valence-corrected chi connectivity index (χ0v) is 20.8. The monoisotopic (exact) mass is 589 g/mol. The van der Waals surface area contributed by atoms with Gasteiger partial charge in [-0.2, -0.15) is 13.2 Å². The quantitative estimate of drug-likeness (QED) is 0.273. The fourth-order valence-electron chi connectivity index (χ4n) is 3.74. The van der Waals surface area contributed by atoms with Crippen molar-refractivity contribution in [2.45, 2.75) is 32.1 Å². The van der Waals surface area contributed by atoms with E-state index in [4.69, 9.17) is 10.5 Å². The van der Waals surface area contributed by atoms with Gasteiger partial charge in [0.1, 0.15) is 10.6 Å². The topological polar surface area (TPSA) is 137 Å². The first-order valence-electron chi connectivity index (χ1n) is 11.0. The molecule has 1 amide bonds. The Labute approximate surface area is 223 Å². The van der Waals surface area contributed by atoms with E-state index in [1.54, 1.807) is 0 Å². The van der Waals surface area contributed by atoms with Crippen molar-refractivity contribution in [1.29, 1.82) is 0 Å². The number of H-pyrrole nitrogens is 1. The predicted octanol–water partition coefficient (Wildman–Crippen LogP) is 4.44. The molecular weight excluding hydrogens is 572 g/mol. The van der Waals surface area contributed by atoms with Gasteiger partial charge < -0.3 is 20.3 Å². The van der Waals surface area contributed by atoms with Crippen LogP contribution in [0, 0.1) is 6.92 Å². The number of aliphatic hydroxyl groups excluding tert-OH is 1. The number of ether oxygens (including phenoxy) is 2. The van der Waals surface area contributed by atoms with Crippen molar-refractivity contribution in [2.24, 2.45) is 5.73 Å². The van der Waals surface area contributed by atoms with Gasteiger partial charge in [0.15, 0.2) is 17.6 Å². The third-order valence-corrected chi connectivity index (χ3v) is 6.96. The second-order valence-corrected chi connectivity index (χ2v) is 9.36. The number of carbonyl (C=O) groups is 1. The summed E-state index contributed by atoms with van der Waals surface area (Å²) in [5.41, 5.74) is 3.38. The van der Waals surface area contributed by atoms with E-state index >= 15 is 0 Å². The summed E-state index contributed by atoms with van der Waals surface area (Å²) in [5, 5.41) is 9.31. The summed E-state index contributed by atoms with van der Waals surface area (Å²) in [4.78, 5) is 37.9. The minimum absolute atomic E-state index is 0.0431. The normalized spacial score (nSPS) is 12.9. The van der Waals surface area contributed by atoms with Gasteiger partial charge in [0, 0.05) is 10.4 Å². The molecule has 0 radical (unpaired) electrons. The summed E-state index contributed by atoms with van der Waals surface area (Å²) < 4.78 is 88.7. The van der Waals surface area contributed by atoms with Crippen molar-refractivity contribution in [1.82, 2.24) is 9.55 Å². The summed E-state index contributed by atoms with van der Waals surface area (Å²) >= 11 is 0.668. The minimum Gasteiger partial charge on any atom is -0.453 e. The standard InChI is InChI=1S/C24H17F6N3O6S/c1-10-17-20(36)32-22(37)33(9-16(34)23(25,26)27)21(17)40-18(10)12-4-7-14(15(8-12)39-24(28,29)30)38-13-5-2-11(3-6-13)19(31)35/h2-8,16,34H,9H2,1H3,(H2,31,35)(H,32,36,37)/t16-/m1/s1. The molecule has 0 fully saturated rings. The molecule has 2 aromatic carbocycles. The molecule has 40 heavy (non-hydrogen) atoms. The average molecular weight is 589 g/mol. The van der Waals surface area contributed by atoms with Gasteiger partial charge in [-0.1, -0.05) is 0 Å². The first-order valence-corrected chi connectivity index (χ1v) is 11.9. The van der Waals surface area contributed by atoms with Gasteiger partial charge in [-0.3, -0.25) is 19.1 Å². The van der Waals surface area contributed by atoms with Gasteiger partial charge in [-0.05, 0) is 60.5 Å². The van der Waals surface area contributed by atoms with Gasteiger partial charge in [0.05, 0.1) is 11.9 Å². The number of halogens is 6. The number of thiophene rings is 1. The van der Waals surface area contributed by atoms with Crippen molar-refractivity contribution < 1.29 is 45.7 Å². The number of rotatable bonds is 7. The van der Waals surface area contributed by atoms with E-state index in [0.717, 1.165) is 12.1 Å². The van der Waals surface area contributed by atoms with E-state index in [1.165, 1.54) is 37.3 Å². The number of nitrogens with zero attached hydrogens (tertiary/aromatic N) is 1. The highest BCUT2D eigenvalue weighted by atomic mass is 32.1. The van der Waals surface area contributed by atoms with Crippen LogP contribution in [0.4, 0.5) is 26.3 Å². The van der Waals surface area contributed by atoms with Crippen LogP contribution in [0.15, 0.2) is 52.1 Å². The lowest BCUT2D eigenvalue weighted by Gasteiger charge is -2.16. The molecule has 0 unspecified atom stereocenters. The van der Waals surface area contributed by atoms with Crippen molar-refractivity contribution in [3.63, 3.8) is 0 Å². The number of fused-ring (bicyclic) bond motifs is 1. The third kappa shape index (κ3) is 5.96. The maximum Gasteiger partial charge on any atom is 0.573 e. The number of nitrogens with one attached hydrogen (secondary N) is 1. The molecule has 16 heteroatoms. The number of hydrogen-bond acceptors (Lipinski definition) is 7. The first kappa shape index (κ1) is 28.7. The molecule has 0 aliphatic heterocycles. The van der Waals surface area contributed by atoms with Crippen LogP contribution in [-0.4, -0.2) is 39.2 Å². The molecule has 4 rings (SSSR count). The number of alkyl halides is 6. The molecule has 4 aromatic rings. The molecule has 4 N–H and O–H groups in total. The number of aliphatic hydroxyl groups is 1. The molecule has 9 nitrogen and oxygen atoms in total. The second kappa shape index (κ2) is 10.3. The average Bonchev–Trinajstić information content (AvgIpc) is 3.19. The number of aromatic amines is 1. The number of carbonyl (C=O) groups excluding carboxylic acids is 1. The Balaban J connectivity index is 1.82. The highest BCUT2D eigenvalue weighted by Crippen LogP contribution is 2.42. The number of aryl methyl sites for hydroxylation is 1. The second-order valence-electron chi connectivity index (χ2n) is 8.36. The molecule has 212 valence electrons. The Kier molecular flexibility index (Phi) is 7.42. The first-order chi connectivity index (χ1) is 18.5. The fraction of sp³-hybridized carbons (Fsp3) is 0.208. The van der Waals surface area contributed by atoms with Crippen molar-refractivity contribution in [3.8, 4) is 27.7 Å². The van der Waals surface area contributed by atoms with Crippen LogP contribution in [-0.2, 0) is 6.54 Å². The van der Waals surface area contributed by atoms with Gasteiger partial charge in [0.25, 0.3) is 5.56 Å². The maximum absolute atomic E-state index is 13.2. The SMILES string of the molecule is Cc1c(-c2ccc(Oc3ccc(C(N)=O)cc3)c(OC(F)(F)F)c2)sc2c1c(=O)[nH]c(=O)n2C[C@@H](O)C(F)(F)F. The van der Waals surface area contributed by atoms with Gasteiger partial charge >= 0.3 is 18.2 Å². The van der Waals surface area contributed by atoms with E-state index in [1.807, 2.05) is 4.98 Å². The largest absolute Gasteiger partial charge is 0.573 e. The van der Waals surface area contributed by atoms with Crippen LogP contribution in [0.3, 0.4) is 0 Å². The predicted molar refractivity (Wildman–Crippen MR) is 131 cm³/mol. The summed E-state index contributed by atoms with van der Waals surface area (Å²) in [6.45, 7) is 0.173. The summed E-state index contributed by atoms with van der Waals surface area (Å²) in [6.07, 6.45) is -13.1. The van der Waals surface area contributed by atoms with Gasteiger partial charge in [-0.25, -0.2) is 4.79 Å². The molecule has 2 heterocycles. The number of hydrogen-bond donors (Lipinski definition) is 3. The number of primary amides is 1. The molecular formula is C24H17F6N3O6S. The molecule has 1 atom stereocenters. The Bertz CT molecular complexity index is 1710. The van der Waals surface area contributed by atoms with Crippen LogP contribution in [0.2, 0.25) is 0 Å². The van der Waals surface area contributed by atoms with E-state index < -0.39 is 48.1 Å². The lowest BCUT2D eigenvalue weighted by molar-refractivity contribution is -0.275. The molecule has 0 bridgehead atoms. The molecule has 0 aliphatic rings. The van der Waals surface area contributed by atoms with E-state index in [-0.39, 0.29) is 43.3 Å². The Morgan fingerprint density at radius 1 is 1.07 bits per heavy atom. The number of nitrogens with two attached hydrogens (primary N) is 1. The van der Waals surface area contributed by atoms with Crippen LogP contribution in [0.5, 0.6) is 17.2 Å². The Morgan fingerprint density at radius 3 is 2.30 bits per heavy atom. The number of aromatic nitrogens is 2. The van der Waals surface area contributed by atoms with Crippen LogP contribution in [0.1, 0.15) is 15.9 Å². The maximum atomic E-state index is 13.2. The summed E-state index contributed by atoms with van der Waals surface area (Å²) in [6, 6.07) is 8.57. The summed E-state index contributed by atoms with van der Waals surface area (Å²) in [7, 11) is 0. The lowest BCUT2D eigenvalue weighted by atomic mass is 10.1. The summed E-state index contributed by atoms with van der Waals surface area (Å²) in [5.74, 6) is -1.86. The smallest absolute Gasteiger partial charge is 0.453 e. The zero-order chi connectivity index (χ0) is 29.6. The van der Waals surface area contributed by atoms with E-state index in [9.17, 15) is 45.8 Å². The molecule has 0 saturated carbocycles. The van der Waals surface area contributed by atoms with Crippen LogP contribution >= 0.6 is 11.3 Å². The van der Waals surface area contributed by atoms with E-state index in [2.05, 4.69) is 4.74 Å². The van der Waals surface area contributed by atoms with Gasteiger partial charge in [-0.15, -0.1) is 24.5 Å². The van der Waals surface area contributed by atoms with Crippen LogP contribution < -0.4 is 26.5 Å². The third-order valence-electron chi connectivity index (χ3n) is 5.60. The van der Waals surface area contributed by atoms with Crippen LogP contribution in [0.25, 0.3) is 20.7 Å². The molecule has 0 aliphatic carbocycles. The molecule has 0 spiro atoms. The molecule has 2 aromatic heterocycles. The highest BCUT2D eigenvalue weighted by molar-refractivity contribution is 7.22. The Morgan fingerprint density at radius 2 is 1.73 bits per heavy atom. The highest BCUT2D eigenvalue weighted by Gasteiger charge is 2.39. The fourth-order valence-corrected chi connectivity index (χ4v) is 5.05.